The molecule has 0 radical (unpaired) electrons. The van der Waals surface area contributed by atoms with Gasteiger partial charge in [-0.25, -0.2) is 4.39 Å². The van der Waals surface area contributed by atoms with Crippen molar-refractivity contribution in [2.24, 2.45) is 29.6 Å². The van der Waals surface area contributed by atoms with Crippen LogP contribution in [-0.4, -0.2) is 6.61 Å². The highest BCUT2D eigenvalue weighted by atomic mass is 19.2. The minimum Gasteiger partial charge on any atom is -0.486 e. The van der Waals surface area contributed by atoms with Crippen LogP contribution in [0.2, 0.25) is 0 Å². The van der Waals surface area contributed by atoms with Crippen molar-refractivity contribution in [3.63, 3.8) is 0 Å². The van der Waals surface area contributed by atoms with Crippen molar-refractivity contribution in [3.8, 4) is 5.75 Å². The van der Waals surface area contributed by atoms with Gasteiger partial charge >= 0.3 is 0 Å². The van der Waals surface area contributed by atoms with E-state index in [0.29, 0.717) is 5.56 Å². The minimum absolute atomic E-state index is 0.0102. The smallest absolute Gasteiger partial charge is 0.200 e. The van der Waals surface area contributed by atoms with Crippen LogP contribution in [0.25, 0.3) is 0 Å². The first-order valence-electron chi connectivity index (χ1n) is 12.4. The van der Waals surface area contributed by atoms with Crippen molar-refractivity contribution in [1.29, 1.82) is 0 Å². The Morgan fingerprint density at radius 3 is 2.23 bits per heavy atom. The van der Waals surface area contributed by atoms with E-state index in [2.05, 4.69) is 12.7 Å². The Morgan fingerprint density at radius 2 is 1.52 bits per heavy atom. The highest BCUT2D eigenvalue weighted by Crippen LogP contribution is 2.50. The van der Waals surface area contributed by atoms with Crippen LogP contribution in [0.4, 0.5) is 8.78 Å². The summed E-state index contributed by atoms with van der Waals surface area (Å²) in [5.41, 5.74) is 0.542. The quantitative estimate of drug-likeness (QED) is 0.415. The lowest BCUT2D eigenvalue weighted by Gasteiger charge is -2.45. The molecule has 170 valence electrons. The largest absolute Gasteiger partial charge is 0.486 e. The first kappa shape index (κ1) is 22.6. The molecule has 0 N–H and O–H groups in total. The summed E-state index contributed by atoms with van der Waals surface area (Å²) in [5, 5.41) is 0. The molecular weight excluding hydrogens is 390 g/mol. The molecule has 0 amide bonds. The Hall–Kier alpha value is -1.64. The van der Waals surface area contributed by atoms with E-state index in [0.717, 1.165) is 55.3 Å². The van der Waals surface area contributed by atoms with Gasteiger partial charge in [0.1, 0.15) is 6.61 Å². The predicted octanol–water partition coefficient (Wildman–Crippen LogP) is 8.21. The van der Waals surface area contributed by atoms with Crippen molar-refractivity contribution in [1.82, 2.24) is 0 Å². The van der Waals surface area contributed by atoms with E-state index in [1.807, 2.05) is 13.0 Å². The predicted molar refractivity (Wildman–Crippen MR) is 123 cm³/mol. The van der Waals surface area contributed by atoms with Crippen LogP contribution in [0.1, 0.15) is 82.6 Å². The zero-order valence-corrected chi connectivity index (χ0v) is 19.0. The standard InChI is InChI=1S/C28H38F2O/c1-3-5-16-31-26-15-14-25(27(29)28(26)30)21-10-8-20(9-11-21)23-13-12-22-17-19(4-2)6-7-24(22)18-23/h3-5,14-15,19-24H,2,6-13,16-18H2,1H3/b5-3+. The average Bonchev–Trinajstić information content (AvgIpc) is 2.81. The van der Waals surface area contributed by atoms with Crippen LogP contribution in [0.15, 0.2) is 36.9 Å². The molecule has 4 rings (SSSR count). The summed E-state index contributed by atoms with van der Waals surface area (Å²) in [7, 11) is 0. The first-order chi connectivity index (χ1) is 15.1. The maximum absolute atomic E-state index is 14.8. The average molecular weight is 429 g/mol. The molecule has 3 fully saturated rings. The summed E-state index contributed by atoms with van der Waals surface area (Å²) in [5.74, 6) is 2.77. The molecule has 0 spiro atoms. The third-order valence-corrected chi connectivity index (χ3v) is 8.55. The summed E-state index contributed by atoms with van der Waals surface area (Å²) in [4.78, 5) is 0. The number of benzene rings is 1. The molecule has 0 bridgehead atoms. The first-order valence-corrected chi connectivity index (χ1v) is 12.4. The molecule has 0 heterocycles. The molecule has 1 aromatic carbocycles. The number of allylic oxidation sites excluding steroid dienone is 2. The Balaban J connectivity index is 1.32. The number of hydrogen-bond donors (Lipinski definition) is 0. The number of halogens is 2. The molecule has 0 aliphatic heterocycles. The van der Waals surface area contributed by atoms with Gasteiger partial charge in [-0.1, -0.05) is 24.3 Å². The number of hydrogen-bond acceptors (Lipinski definition) is 1. The molecule has 1 nitrogen and oxygen atoms in total. The van der Waals surface area contributed by atoms with Gasteiger partial charge in [-0.3, -0.25) is 0 Å². The third kappa shape index (κ3) is 5.07. The lowest BCUT2D eigenvalue weighted by atomic mass is 9.61. The molecule has 3 saturated carbocycles. The van der Waals surface area contributed by atoms with Crippen molar-refractivity contribution in [2.45, 2.75) is 77.0 Å². The van der Waals surface area contributed by atoms with Gasteiger partial charge in [-0.2, -0.15) is 4.39 Å². The van der Waals surface area contributed by atoms with E-state index in [4.69, 9.17) is 4.74 Å². The Morgan fingerprint density at radius 1 is 0.871 bits per heavy atom. The summed E-state index contributed by atoms with van der Waals surface area (Å²) in [6.45, 7) is 6.15. The second kappa shape index (κ2) is 10.3. The number of rotatable bonds is 6. The fraction of sp³-hybridized carbons (Fsp3) is 0.643. The lowest BCUT2D eigenvalue weighted by Crippen LogP contribution is -2.34. The SMILES string of the molecule is C=CC1CCC2CC(C3CCC(c4ccc(OC/C=C/C)c(F)c4F)CC3)CCC2C1. The molecular formula is C28H38F2O. The van der Waals surface area contributed by atoms with Crippen molar-refractivity contribution < 1.29 is 13.5 Å². The molecule has 4 unspecified atom stereocenters. The molecule has 3 heteroatoms. The van der Waals surface area contributed by atoms with E-state index in [1.54, 1.807) is 18.2 Å². The molecule has 3 aliphatic rings. The molecule has 3 aliphatic carbocycles. The topological polar surface area (TPSA) is 9.23 Å². The molecule has 4 atom stereocenters. The van der Waals surface area contributed by atoms with E-state index in [-0.39, 0.29) is 18.3 Å². The number of ether oxygens (including phenoxy) is 1. The monoisotopic (exact) mass is 428 g/mol. The summed E-state index contributed by atoms with van der Waals surface area (Å²) in [6.07, 6.45) is 18.2. The van der Waals surface area contributed by atoms with Crippen LogP contribution < -0.4 is 4.74 Å². The van der Waals surface area contributed by atoms with E-state index >= 15 is 0 Å². The Labute approximate surface area is 187 Å². The Bertz CT molecular complexity index is 777. The highest BCUT2D eigenvalue weighted by molar-refractivity contribution is 5.33. The fourth-order valence-electron chi connectivity index (χ4n) is 6.71. The Kier molecular flexibility index (Phi) is 7.51. The second-order valence-electron chi connectivity index (χ2n) is 10.2. The van der Waals surface area contributed by atoms with E-state index in [1.165, 1.54) is 38.5 Å². The summed E-state index contributed by atoms with van der Waals surface area (Å²) in [6, 6.07) is 3.35. The normalized spacial score (nSPS) is 33.8. The summed E-state index contributed by atoms with van der Waals surface area (Å²) < 4.78 is 34.6. The van der Waals surface area contributed by atoms with Crippen molar-refractivity contribution >= 4 is 0 Å². The zero-order valence-electron chi connectivity index (χ0n) is 19.0. The lowest BCUT2D eigenvalue weighted by molar-refractivity contribution is 0.0718. The molecule has 1 aromatic rings. The summed E-state index contributed by atoms with van der Waals surface area (Å²) >= 11 is 0. The van der Waals surface area contributed by atoms with Gasteiger partial charge in [-0.15, -0.1) is 6.58 Å². The van der Waals surface area contributed by atoms with Gasteiger partial charge in [0, 0.05) is 0 Å². The highest BCUT2D eigenvalue weighted by Gasteiger charge is 2.38. The molecule has 31 heavy (non-hydrogen) atoms. The van der Waals surface area contributed by atoms with Crippen LogP contribution >= 0.6 is 0 Å². The zero-order chi connectivity index (χ0) is 21.8. The van der Waals surface area contributed by atoms with Crippen molar-refractivity contribution in [2.75, 3.05) is 6.61 Å². The maximum atomic E-state index is 14.8. The van der Waals surface area contributed by atoms with E-state index < -0.39 is 11.6 Å². The fourth-order valence-corrected chi connectivity index (χ4v) is 6.71. The second-order valence-corrected chi connectivity index (χ2v) is 10.2. The van der Waals surface area contributed by atoms with Gasteiger partial charge in [-0.05, 0) is 118 Å². The van der Waals surface area contributed by atoms with Gasteiger partial charge in [0.2, 0.25) is 5.82 Å². The van der Waals surface area contributed by atoms with Crippen molar-refractivity contribution in [3.05, 3.63) is 54.1 Å². The van der Waals surface area contributed by atoms with Gasteiger partial charge in [0.05, 0.1) is 0 Å². The number of fused-ring (bicyclic) bond motifs is 1. The van der Waals surface area contributed by atoms with Gasteiger partial charge in [0.25, 0.3) is 0 Å². The third-order valence-electron chi connectivity index (χ3n) is 8.55. The van der Waals surface area contributed by atoms with Crippen LogP contribution in [-0.2, 0) is 0 Å². The van der Waals surface area contributed by atoms with Gasteiger partial charge in [0.15, 0.2) is 11.6 Å². The van der Waals surface area contributed by atoms with Gasteiger partial charge < -0.3 is 4.74 Å². The van der Waals surface area contributed by atoms with Crippen LogP contribution in [0, 0.1) is 41.2 Å². The minimum atomic E-state index is -0.836. The molecule has 0 saturated heterocycles. The van der Waals surface area contributed by atoms with Crippen LogP contribution in [0.3, 0.4) is 0 Å². The molecule has 0 aromatic heterocycles. The van der Waals surface area contributed by atoms with Crippen LogP contribution in [0.5, 0.6) is 5.75 Å². The maximum Gasteiger partial charge on any atom is 0.200 e. The van der Waals surface area contributed by atoms with E-state index in [9.17, 15) is 8.78 Å².